The lowest BCUT2D eigenvalue weighted by atomic mass is 10.4. The van der Waals surface area contributed by atoms with E-state index in [1.807, 2.05) is 13.8 Å². The summed E-state index contributed by atoms with van der Waals surface area (Å²) in [7, 11) is 0. The normalized spacial score (nSPS) is 7.56. The van der Waals surface area contributed by atoms with E-state index < -0.39 is 0 Å². The molecule has 1 nitrogen and oxygen atoms in total. The van der Waals surface area contributed by atoms with Crippen LogP contribution in [0.25, 0.3) is 0 Å². The maximum absolute atomic E-state index is 9.91. The van der Waals surface area contributed by atoms with E-state index in [-0.39, 0.29) is 5.24 Å². The van der Waals surface area contributed by atoms with E-state index in [1.54, 1.807) is 0 Å². The van der Waals surface area contributed by atoms with Crippen molar-refractivity contribution in [1.82, 2.24) is 0 Å². The van der Waals surface area contributed by atoms with E-state index in [2.05, 4.69) is 0 Å². The lowest BCUT2D eigenvalue weighted by molar-refractivity contribution is -0.111. The molecule has 0 aromatic carbocycles. The minimum atomic E-state index is -0.305. The SMILES string of the molecule is CC.O=C(Cl)CCCCl. The van der Waals surface area contributed by atoms with Crippen molar-refractivity contribution in [1.29, 1.82) is 0 Å². The van der Waals surface area contributed by atoms with Crippen LogP contribution in [0.15, 0.2) is 0 Å². The van der Waals surface area contributed by atoms with Gasteiger partial charge in [0.1, 0.15) is 0 Å². The fourth-order valence-electron chi connectivity index (χ4n) is 0.206. The highest BCUT2D eigenvalue weighted by Crippen LogP contribution is 1.94. The highest BCUT2D eigenvalue weighted by atomic mass is 35.5. The summed E-state index contributed by atoms with van der Waals surface area (Å²) in [5.74, 6) is 0.512. The van der Waals surface area contributed by atoms with Crippen molar-refractivity contribution in [3.8, 4) is 0 Å². The van der Waals surface area contributed by atoms with Crippen LogP contribution < -0.4 is 0 Å². The molecule has 0 N–H and O–H groups in total. The predicted molar refractivity (Wildman–Crippen MR) is 42.2 cm³/mol. The van der Waals surface area contributed by atoms with Crippen LogP contribution in [0, 0.1) is 0 Å². The maximum atomic E-state index is 9.91. The molecule has 0 aliphatic rings. The summed E-state index contributed by atoms with van der Waals surface area (Å²) in [5.41, 5.74) is 0. The first-order valence-electron chi connectivity index (χ1n) is 3.01. The van der Waals surface area contributed by atoms with Crippen LogP contribution in [0.5, 0.6) is 0 Å². The first kappa shape index (κ1) is 12.0. The van der Waals surface area contributed by atoms with Crippen molar-refractivity contribution in [2.45, 2.75) is 26.7 Å². The van der Waals surface area contributed by atoms with Crippen LogP contribution in [0.4, 0.5) is 0 Å². The molecule has 0 saturated heterocycles. The van der Waals surface area contributed by atoms with E-state index in [0.717, 1.165) is 0 Å². The highest BCUT2D eigenvalue weighted by Gasteiger charge is 1.91. The third kappa shape index (κ3) is 17.8. The molecule has 0 spiro atoms. The number of hydrogen-bond donors (Lipinski definition) is 0. The van der Waals surface area contributed by atoms with Crippen LogP contribution in [-0.2, 0) is 4.79 Å². The maximum Gasteiger partial charge on any atom is 0.221 e. The van der Waals surface area contributed by atoms with Crippen molar-refractivity contribution in [3.63, 3.8) is 0 Å². The van der Waals surface area contributed by atoms with Gasteiger partial charge in [-0.2, -0.15) is 0 Å². The lowest BCUT2D eigenvalue weighted by Gasteiger charge is -1.83. The van der Waals surface area contributed by atoms with Crippen molar-refractivity contribution in [2.24, 2.45) is 0 Å². The molecule has 0 amide bonds. The van der Waals surface area contributed by atoms with Crippen molar-refractivity contribution >= 4 is 28.4 Å². The molecular formula is C6H12Cl2O. The van der Waals surface area contributed by atoms with E-state index in [4.69, 9.17) is 23.2 Å². The van der Waals surface area contributed by atoms with Gasteiger partial charge in [-0.1, -0.05) is 13.8 Å². The summed E-state index contributed by atoms with van der Waals surface area (Å²) in [6, 6.07) is 0. The Bertz CT molecular complexity index is 64.1. The second-order valence-electron chi connectivity index (χ2n) is 1.15. The number of carbonyl (C=O) groups excluding carboxylic acids is 1. The van der Waals surface area contributed by atoms with Crippen LogP contribution in [0.2, 0.25) is 0 Å². The summed E-state index contributed by atoms with van der Waals surface area (Å²) in [4.78, 5) is 9.91. The zero-order valence-electron chi connectivity index (χ0n) is 5.79. The largest absolute Gasteiger partial charge is 0.281 e. The number of alkyl halides is 1. The molecule has 0 atom stereocenters. The third-order valence-electron chi connectivity index (χ3n) is 0.507. The van der Waals surface area contributed by atoms with E-state index >= 15 is 0 Å². The summed E-state index contributed by atoms with van der Waals surface area (Å²) in [6.07, 6.45) is 1.08. The zero-order chi connectivity index (χ0) is 7.70. The summed E-state index contributed by atoms with van der Waals surface area (Å²) < 4.78 is 0. The summed E-state index contributed by atoms with van der Waals surface area (Å²) in [5, 5.41) is -0.305. The molecule has 0 heterocycles. The molecule has 0 unspecified atom stereocenters. The molecule has 0 aliphatic heterocycles. The van der Waals surface area contributed by atoms with Crippen molar-refractivity contribution < 1.29 is 4.79 Å². The van der Waals surface area contributed by atoms with Gasteiger partial charge in [0.2, 0.25) is 5.24 Å². The third-order valence-corrected chi connectivity index (χ3v) is 0.963. The van der Waals surface area contributed by atoms with Gasteiger partial charge in [0.05, 0.1) is 0 Å². The van der Waals surface area contributed by atoms with Gasteiger partial charge in [-0.3, -0.25) is 4.79 Å². The van der Waals surface area contributed by atoms with Gasteiger partial charge in [-0.25, -0.2) is 0 Å². The molecule has 0 radical (unpaired) electrons. The Hall–Kier alpha value is 0.250. The molecule has 0 aromatic heterocycles. The van der Waals surface area contributed by atoms with Crippen molar-refractivity contribution in [2.75, 3.05) is 5.88 Å². The second kappa shape index (κ2) is 11.1. The fraction of sp³-hybridized carbons (Fsp3) is 0.833. The van der Waals surface area contributed by atoms with Crippen LogP contribution >= 0.6 is 23.2 Å². The van der Waals surface area contributed by atoms with Gasteiger partial charge in [0.25, 0.3) is 0 Å². The molecular weight excluding hydrogens is 159 g/mol. The first-order valence-corrected chi connectivity index (χ1v) is 3.93. The second-order valence-corrected chi connectivity index (χ2v) is 1.95. The zero-order valence-corrected chi connectivity index (χ0v) is 7.30. The van der Waals surface area contributed by atoms with Crippen LogP contribution in [-0.4, -0.2) is 11.1 Å². The minimum absolute atomic E-state index is 0.305. The number of hydrogen-bond acceptors (Lipinski definition) is 1. The monoisotopic (exact) mass is 170 g/mol. The van der Waals surface area contributed by atoms with Gasteiger partial charge >= 0.3 is 0 Å². The Morgan fingerprint density at radius 3 is 2.00 bits per heavy atom. The molecule has 56 valence electrons. The van der Waals surface area contributed by atoms with Gasteiger partial charge in [-0.05, 0) is 18.0 Å². The molecule has 0 saturated carbocycles. The first-order chi connectivity index (χ1) is 4.27. The Balaban J connectivity index is 0. The average molecular weight is 171 g/mol. The van der Waals surface area contributed by atoms with Crippen LogP contribution in [0.1, 0.15) is 26.7 Å². The van der Waals surface area contributed by atoms with Gasteiger partial charge < -0.3 is 0 Å². The topological polar surface area (TPSA) is 17.1 Å². The van der Waals surface area contributed by atoms with E-state index in [1.165, 1.54) is 0 Å². The summed E-state index contributed by atoms with van der Waals surface area (Å²) >= 11 is 10.2. The molecule has 9 heavy (non-hydrogen) atoms. The molecule has 3 heteroatoms. The molecule has 0 rings (SSSR count). The molecule has 0 fully saturated rings. The summed E-state index contributed by atoms with van der Waals surface area (Å²) in [6.45, 7) is 4.00. The minimum Gasteiger partial charge on any atom is -0.281 e. The number of rotatable bonds is 3. The quantitative estimate of drug-likeness (QED) is 0.471. The Morgan fingerprint density at radius 1 is 1.44 bits per heavy atom. The Kier molecular flexibility index (Phi) is 14.8. The van der Waals surface area contributed by atoms with E-state index in [9.17, 15) is 4.79 Å². The van der Waals surface area contributed by atoms with Crippen LogP contribution in [0.3, 0.4) is 0 Å². The average Bonchev–Trinajstić information content (AvgIpc) is 1.88. The van der Waals surface area contributed by atoms with Gasteiger partial charge in [-0.15, -0.1) is 11.6 Å². The van der Waals surface area contributed by atoms with Gasteiger partial charge in [0.15, 0.2) is 0 Å². The molecule has 0 aromatic rings. The Morgan fingerprint density at radius 2 is 1.89 bits per heavy atom. The Labute approximate surface area is 66.3 Å². The molecule has 0 aliphatic carbocycles. The fourth-order valence-corrected chi connectivity index (χ4v) is 0.473. The van der Waals surface area contributed by atoms with E-state index in [0.29, 0.717) is 18.7 Å². The smallest absolute Gasteiger partial charge is 0.221 e. The van der Waals surface area contributed by atoms with Gasteiger partial charge in [0, 0.05) is 12.3 Å². The predicted octanol–water partition coefficient (Wildman–Crippen LogP) is 2.80. The standard InChI is InChI=1S/C4H6Cl2O.C2H6/c5-3-1-2-4(6)7;1-2/h1-3H2;1-2H3. The lowest BCUT2D eigenvalue weighted by Crippen LogP contribution is -1.84. The highest BCUT2D eigenvalue weighted by molar-refractivity contribution is 6.63. The molecule has 0 bridgehead atoms. The number of carbonyl (C=O) groups is 1. The van der Waals surface area contributed by atoms with Crippen molar-refractivity contribution in [3.05, 3.63) is 0 Å². The number of halogens is 2.